The summed E-state index contributed by atoms with van der Waals surface area (Å²) in [4.78, 5) is 2.20. The van der Waals surface area contributed by atoms with E-state index in [2.05, 4.69) is 54.2 Å². The van der Waals surface area contributed by atoms with E-state index in [9.17, 15) is 5.11 Å². The molecule has 1 fully saturated rings. The van der Waals surface area contributed by atoms with Gasteiger partial charge in [-0.2, -0.15) is 5.10 Å². The summed E-state index contributed by atoms with van der Waals surface area (Å²) < 4.78 is 13.6. The van der Waals surface area contributed by atoms with E-state index in [-0.39, 0.29) is 12.1 Å². The average molecular weight is 420 g/mol. The number of nitrogens with zero attached hydrogens (tertiary/aromatic N) is 3. The van der Waals surface area contributed by atoms with Crippen molar-refractivity contribution in [2.75, 3.05) is 19.9 Å². The van der Waals surface area contributed by atoms with Crippen molar-refractivity contribution in [3.63, 3.8) is 0 Å². The Morgan fingerprint density at radius 2 is 2.00 bits per heavy atom. The number of ether oxygens (including phenoxy) is 2. The SMILES string of the molecule is Cc1c(Cc2ccc(-n3cccn3)cc2)cc2c(c1C)OCN([C@H]1COCC[C@@H]1O)C2. The van der Waals surface area contributed by atoms with E-state index in [1.54, 1.807) is 6.20 Å². The van der Waals surface area contributed by atoms with Gasteiger partial charge in [-0.05, 0) is 67.1 Å². The van der Waals surface area contributed by atoms with Gasteiger partial charge in [0.05, 0.1) is 24.4 Å². The highest BCUT2D eigenvalue weighted by Crippen LogP contribution is 2.35. The summed E-state index contributed by atoms with van der Waals surface area (Å²) >= 11 is 0. The molecule has 1 aromatic heterocycles. The highest BCUT2D eigenvalue weighted by atomic mass is 16.5. The molecule has 0 aliphatic carbocycles. The van der Waals surface area contributed by atoms with Gasteiger partial charge in [-0.1, -0.05) is 18.2 Å². The fraction of sp³-hybridized carbons (Fsp3) is 0.400. The molecule has 0 bridgehead atoms. The Bertz CT molecular complexity index is 1050. The number of aliphatic hydroxyl groups excluding tert-OH is 1. The van der Waals surface area contributed by atoms with Crippen molar-refractivity contribution in [1.82, 2.24) is 14.7 Å². The summed E-state index contributed by atoms with van der Waals surface area (Å²) in [7, 11) is 0. The highest BCUT2D eigenvalue weighted by molar-refractivity contribution is 5.51. The van der Waals surface area contributed by atoms with E-state index >= 15 is 0 Å². The van der Waals surface area contributed by atoms with Gasteiger partial charge in [0, 0.05) is 31.1 Å². The second-order valence-corrected chi connectivity index (χ2v) is 8.59. The fourth-order valence-corrected chi connectivity index (χ4v) is 4.63. The first kappa shape index (κ1) is 20.2. The van der Waals surface area contributed by atoms with E-state index in [0.717, 1.165) is 24.4 Å². The quantitative estimate of drug-likeness (QED) is 0.703. The van der Waals surface area contributed by atoms with Crippen molar-refractivity contribution in [2.45, 2.75) is 45.4 Å². The Morgan fingerprint density at radius 3 is 2.74 bits per heavy atom. The molecule has 6 heteroatoms. The summed E-state index contributed by atoms with van der Waals surface area (Å²) in [5.74, 6) is 0.998. The minimum Gasteiger partial charge on any atom is -0.477 e. The zero-order valence-corrected chi connectivity index (χ0v) is 18.1. The van der Waals surface area contributed by atoms with Gasteiger partial charge >= 0.3 is 0 Å². The number of aromatic nitrogens is 2. The molecule has 31 heavy (non-hydrogen) atoms. The first-order valence-corrected chi connectivity index (χ1v) is 10.9. The lowest BCUT2D eigenvalue weighted by molar-refractivity contribution is -0.0866. The third kappa shape index (κ3) is 3.99. The van der Waals surface area contributed by atoms with Gasteiger partial charge in [-0.25, -0.2) is 4.68 Å². The number of fused-ring (bicyclic) bond motifs is 1. The van der Waals surface area contributed by atoms with Crippen LogP contribution in [0.15, 0.2) is 48.8 Å². The predicted octanol–water partition coefficient (Wildman–Crippen LogP) is 3.38. The maximum absolute atomic E-state index is 10.4. The monoisotopic (exact) mass is 419 g/mol. The third-order valence-electron chi connectivity index (χ3n) is 6.63. The highest BCUT2D eigenvalue weighted by Gasteiger charge is 2.33. The lowest BCUT2D eigenvalue weighted by atomic mass is 9.92. The van der Waals surface area contributed by atoms with Crippen molar-refractivity contribution >= 4 is 0 Å². The molecular weight excluding hydrogens is 390 g/mol. The maximum atomic E-state index is 10.4. The number of benzene rings is 2. The number of aliphatic hydroxyl groups is 1. The van der Waals surface area contributed by atoms with Crippen LogP contribution in [0, 0.1) is 13.8 Å². The molecule has 2 aliphatic heterocycles. The Labute approximate surface area is 183 Å². The Morgan fingerprint density at radius 1 is 1.16 bits per heavy atom. The summed E-state index contributed by atoms with van der Waals surface area (Å²) in [5, 5.41) is 14.7. The Balaban J connectivity index is 1.38. The number of hydrogen-bond donors (Lipinski definition) is 1. The molecule has 1 saturated heterocycles. The molecular formula is C25H29N3O3. The molecule has 1 N–H and O–H groups in total. The molecule has 6 nitrogen and oxygen atoms in total. The molecule has 5 rings (SSSR count). The molecule has 2 aromatic carbocycles. The van der Waals surface area contributed by atoms with Gasteiger partial charge in [0.25, 0.3) is 0 Å². The van der Waals surface area contributed by atoms with Crippen LogP contribution in [-0.4, -0.2) is 51.9 Å². The molecule has 0 saturated carbocycles. The largest absolute Gasteiger partial charge is 0.477 e. The van der Waals surface area contributed by atoms with Gasteiger partial charge in [0.2, 0.25) is 0 Å². The zero-order valence-electron chi connectivity index (χ0n) is 18.1. The summed E-state index contributed by atoms with van der Waals surface area (Å²) in [6.45, 7) is 6.77. The van der Waals surface area contributed by atoms with Crippen LogP contribution in [0.25, 0.3) is 5.69 Å². The van der Waals surface area contributed by atoms with Crippen molar-refractivity contribution < 1.29 is 14.6 Å². The third-order valence-corrected chi connectivity index (χ3v) is 6.63. The molecule has 162 valence electrons. The van der Waals surface area contributed by atoms with Crippen LogP contribution >= 0.6 is 0 Å². The summed E-state index contributed by atoms with van der Waals surface area (Å²) in [5.41, 5.74) is 7.32. The molecule has 0 unspecified atom stereocenters. The van der Waals surface area contributed by atoms with Gasteiger partial charge in [0.15, 0.2) is 0 Å². The minimum atomic E-state index is -0.363. The van der Waals surface area contributed by atoms with Crippen LogP contribution in [0.2, 0.25) is 0 Å². The molecule has 2 aliphatic rings. The molecule has 0 radical (unpaired) electrons. The van der Waals surface area contributed by atoms with Gasteiger partial charge in [0.1, 0.15) is 12.5 Å². The second-order valence-electron chi connectivity index (χ2n) is 8.59. The summed E-state index contributed by atoms with van der Waals surface area (Å²) in [6.07, 6.45) is 4.93. The van der Waals surface area contributed by atoms with Gasteiger partial charge in [-0.15, -0.1) is 0 Å². The van der Waals surface area contributed by atoms with E-state index in [1.807, 2.05) is 16.9 Å². The average Bonchev–Trinajstić information content (AvgIpc) is 3.33. The van der Waals surface area contributed by atoms with Crippen molar-refractivity contribution in [3.8, 4) is 11.4 Å². The van der Waals surface area contributed by atoms with Gasteiger partial charge < -0.3 is 14.6 Å². The number of rotatable bonds is 4. The van der Waals surface area contributed by atoms with Crippen LogP contribution in [0.1, 0.15) is 34.2 Å². The topological polar surface area (TPSA) is 59.8 Å². The van der Waals surface area contributed by atoms with E-state index in [4.69, 9.17) is 9.47 Å². The molecule has 2 atom stereocenters. The molecule has 3 heterocycles. The smallest absolute Gasteiger partial charge is 0.142 e. The summed E-state index contributed by atoms with van der Waals surface area (Å²) in [6, 6.07) is 12.8. The zero-order chi connectivity index (χ0) is 21.4. The molecule has 3 aromatic rings. The number of hydrogen-bond acceptors (Lipinski definition) is 5. The Kier molecular flexibility index (Phi) is 5.52. The molecule has 0 spiro atoms. The van der Waals surface area contributed by atoms with Crippen LogP contribution < -0.4 is 4.74 Å². The normalized spacial score (nSPS) is 21.5. The van der Waals surface area contributed by atoms with Crippen LogP contribution in [0.5, 0.6) is 5.75 Å². The molecule has 0 amide bonds. The lowest BCUT2D eigenvalue weighted by Gasteiger charge is -2.40. The van der Waals surface area contributed by atoms with E-state index in [1.165, 1.54) is 27.8 Å². The van der Waals surface area contributed by atoms with Crippen LogP contribution in [0.3, 0.4) is 0 Å². The van der Waals surface area contributed by atoms with Crippen LogP contribution in [-0.2, 0) is 17.7 Å². The predicted molar refractivity (Wildman–Crippen MR) is 119 cm³/mol. The van der Waals surface area contributed by atoms with E-state index in [0.29, 0.717) is 26.4 Å². The van der Waals surface area contributed by atoms with Crippen molar-refractivity contribution in [2.24, 2.45) is 0 Å². The fourth-order valence-electron chi connectivity index (χ4n) is 4.63. The standard InChI is InChI=1S/C25H29N3O3/c1-17-18(2)25-21(14-27(16-31-25)23-15-30-11-8-24(23)29)13-20(17)12-19-4-6-22(7-5-19)28-10-3-9-26-28/h3-7,9-10,13,23-24,29H,8,11-12,14-16H2,1-2H3/t23-,24-/m0/s1. The Hall–Kier alpha value is -2.67. The first-order valence-electron chi connectivity index (χ1n) is 10.9. The van der Waals surface area contributed by atoms with Crippen LogP contribution in [0.4, 0.5) is 0 Å². The maximum Gasteiger partial charge on any atom is 0.142 e. The van der Waals surface area contributed by atoms with Crippen molar-refractivity contribution in [1.29, 1.82) is 0 Å². The second kappa shape index (κ2) is 8.46. The minimum absolute atomic E-state index is 0.0122. The lowest BCUT2D eigenvalue weighted by Crippen LogP contribution is -2.51. The first-order chi connectivity index (χ1) is 15.1. The van der Waals surface area contributed by atoms with Gasteiger partial charge in [-0.3, -0.25) is 4.90 Å². The van der Waals surface area contributed by atoms with Crippen molar-refractivity contribution in [3.05, 3.63) is 76.6 Å². The van der Waals surface area contributed by atoms with E-state index < -0.39 is 0 Å².